The van der Waals surface area contributed by atoms with Gasteiger partial charge in [-0.05, 0) is 63.2 Å². The molecule has 0 aromatic heterocycles. The Hall–Kier alpha value is -1.30. The van der Waals surface area contributed by atoms with Gasteiger partial charge in [0.15, 0.2) is 11.4 Å². The van der Waals surface area contributed by atoms with Gasteiger partial charge in [-0.15, -0.1) is 0 Å². The number of alkyl halides is 1. The normalized spacial score (nSPS) is 51.6. The van der Waals surface area contributed by atoms with Crippen LogP contribution < -0.4 is 0 Å². The summed E-state index contributed by atoms with van der Waals surface area (Å²) in [5.41, 5.74) is -3.91. The molecule has 0 radical (unpaired) electrons. The molecule has 0 unspecified atom stereocenters. The number of rotatable bonds is 2. The fraction of sp³-hybridized carbons (Fsp3) is 0.870. The fourth-order valence-corrected chi connectivity index (χ4v) is 8.08. The summed E-state index contributed by atoms with van der Waals surface area (Å²) in [7, 11) is 0. The molecule has 0 bridgehead atoms. The van der Waals surface area contributed by atoms with E-state index in [1.807, 2.05) is 13.8 Å². The number of ether oxygens (including phenoxy) is 1. The lowest BCUT2D eigenvalue weighted by atomic mass is 9.42. The van der Waals surface area contributed by atoms with Gasteiger partial charge in [0.05, 0.1) is 0 Å². The van der Waals surface area contributed by atoms with Gasteiger partial charge in [0.2, 0.25) is 0 Å². The van der Waals surface area contributed by atoms with E-state index in [4.69, 9.17) is 4.74 Å². The largest absolute Gasteiger partial charge is 0.451 e. The lowest BCUT2D eigenvalue weighted by Crippen LogP contribution is -2.68. The van der Waals surface area contributed by atoms with E-state index in [9.17, 15) is 19.5 Å². The number of fused-ring (bicyclic) bond motifs is 5. The van der Waals surface area contributed by atoms with Crippen molar-refractivity contribution in [3.8, 4) is 0 Å². The van der Waals surface area contributed by atoms with Gasteiger partial charge in [0, 0.05) is 30.6 Å². The molecule has 0 heterocycles. The number of carbonyl (C=O) groups excluding carboxylic acids is 3. The SMILES string of the molecule is CC(=O)O[C@]1(C(C)=O)CC[C@@H]2[C@@H]3C[C@H](F)[C@@]4(O)CC(=O)CC[C@]4(C)[C@H]3CC[C@]21C. The number of ketones is 2. The number of Topliss-reactive ketones (excluding diaryl/α,β-unsaturated/α-hetero) is 2. The van der Waals surface area contributed by atoms with Crippen LogP contribution in [0.5, 0.6) is 0 Å². The van der Waals surface area contributed by atoms with Gasteiger partial charge in [0.25, 0.3) is 0 Å². The van der Waals surface area contributed by atoms with Crippen molar-refractivity contribution in [2.24, 2.45) is 28.6 Å². The third-order valence-corrected chi connectivity index (χ3v) is 9.64. The second-order valence-corrected chi connectivity index (χ2v) is 10.6. The number of hydrogen-bond acceptors (Lipinski definition) is 5. The van der Waals surface area contributed by atoms with Gasteiger partial charge in [0.1, 0.15) is 17.6 Å². The molecule has 0 aromatic carbocycles. The highest BCUT2D eigenvalue weighted by Crippen LogP contribution is 2.69. The van der Waals surface area contributed by atoms with Crippen molar-refractivity contribution < 1.29 is 28.6 Å². The van der Waals surface area contributed by atoms with Crippen LogP contribution >= 0.6 is 0 Å². The van der Waals surface area contributed by atoms with Gasteiger partial charge in [-0.2, -0.15) is 0 Å². The fourth-order valence-electron chi connectivity index (χ4n) is 8.08. The molecule has 162 valence electrons. The Labute approximate surface area is 171 Å². The summed E-state index contributed by atoms with van der Waals surface area (Å²) in [4.78, 5) is 36.7. The van der Waals surface area contributed by atoms with Crippen LogP contribution in [-0.4, -0.2) is 40.0 Å². The van der Waals surface area contributed by atoms with Crippen molar-refractivity contribution in [1.82, 2.24) is 0 Å². The van der Waals surface area contributed by atoms with E-state index in [1.54, 1.807) is 0 Å². The summed E-state index contributed by atoms with van der Waals surface area (Å²) in [5, 5.41) is 11.3. The minimum absolute atomic E-state index is 0.0130. The molecule has 4 saturated carbocycles. The first-order valence-corrected chi connectivity index (χ1v) is 11.0. The van der Waals surface area contributed by atoms with Crippen molar-refractivity contribution in [2.45, 2.75) is 96.4 Å². The standard InChI is InChI=1S/C23H33FO5/c1-13(25)23(29-14(2)26)10-7-18-16-11-19(24)22(28)12-15(27)5-8-20(22,3)17(16)6-9-21(18,23)4/h16-19,28H,5-12H2,1-4H3/t16-,17+,18-,19+,20-,21-,22+,23+/m1/s1. The van der Waals surface area contributed by atoms with Crippen molar-refractivity contribution in [1.29, 1.82) is 0 Å². The first kappa shape index (κ1) is 21.0. The summed E-state index contributed by atoms with van der Waals surface area (Å²) in [6.07, 6.45) is 2.18. The Morgan fingerprint density at radius 2 is 1.69 bits per heavy atom. The van der Waals surface area contributed by atoms with E-state index in [-0.39, 0.29) is 42.2 Å². The maximum Gasteiger partial charge on any atom is 0.303 e. The quantitative estimate of drug-likeness (QED) is 0.707. The van der Waals surface area contributed by atoms with Crippen LogP contribution in [0.3, 0.4) is 0 Å². The lowest BCUT2D eigenvalue weighted by Gasteiger charge is -2.64. The third-order valence-electron chi connectivity index (χ3n) is 9.64. The molecular formula is C23H33FO5. The number of halogens is 1. The van der Waals surface area contributed by atoms with Gasteiger partial charge < -0.3 is 9.84 Å². The first-order chi connectivity index (χ1) is 13.4. The van der Waals surface area contributed by atoms with Gasteiger partial charge >= 0.3 is 5.97 Å². The third kappa shape index (κ3) is 2.50. The maximum atomic E-state index is 15.5. The maximum absolute atomic E-state index is 15.5. The molecule has 8 atom stereocenters. The average molecular weight is 409 g/mol. The number of esters is 1. The monoisotopic (exact) mass is 408 g/mol. The second-order valence-electron chi connectivity index (χ2n) is 10.6. The minimum Gasteiger partial charge on any atom is -0.451 e. The molecule has 0 amide bonds. The molecule has 4 fully saturated rings. The number of aliphatic hydroxyl groups is 1. The van der Waals surface area contributed by atoms with E-state index in [1.165, 1.54) is 13.8 Å². The van der Waals surface area contributed by atoms with E-state index < -0.39 is 34.2 Å². The van der Waals surface area contributed by atoms with E-state index >= 15 is 4.39 Å². The lowest BCUT2D eigenvalue weighted by molar-refractivity contribution is -0.239. The van der Waals surface area contributed by atoms with Crippen LogP contribution in [-0.2, 0) is 19.1 Å². The van der Waals surface area contributed by atoms with Crippen molar-refractivity contribution in [3.63, 3.8) is 0 Å². The Balaban J connectivity index is 1.73. The van der Waals surface area contributed by atoms with Gasteiger partial charge in [-0.25, -0.2) is 4.39 Å². The molecule has 0 aromatic rings. The predicted octanol–water partition coefficient (Wildman–Crippen LogP) is 3.55. The molecule has 4 aliphatic rings. The first-order valence-electron chi connectivity index (χ1n) is 11.0. The Morgan fingerprint density at radius 3 is 2.31 bits per heavy atom. The molecule has 1 N–H and O–H groups in total. The molecule has 29 heavy (non-hydrogen) atoms. The highest BCUT2D eigenvalue weighted by Gasteiger charge is 2.72. The minimum atomic E-state index is -1.59. The van der Waals surface area contributed by atoms with Crippen LogP contribution in [0.1, 0.15) is 79.1 Å². The molecule has 0 saturated heterocycles. The topological polar surface area (TPSA) is 80.7 Å². The Bertz CT molecular complexity index is 766. The number of hydrogen-bond donors (Lipinski definition) is 1. The number of carbonyl (C=O) groups is 3. The molecule has 6 heteroatoms. The summed E-state index contributed by atoms with van der Waals surface area (Å²) in [5.74, 6) is -0.470. The van der Waals surface area contributed by atoms with E-state index in [2.05, 4.69) is 0 Å². The summed E-state index contributed by atoms with van der Waals surface area (Å²) < 4.78 is 21.2. The summed E-state index contributed by atoms with van der Waals surface area (Å²) in [6.45, 7) is 6.83. The van der Waals surface area contributed by atoms with Crippen LogP contribution in [0.4, 0.5) is 4.39 Å². The second kappa shape index (κ2) is 6.35. The van der Waals surface area contributed by atoms with Gasteiger partial charge in [-0.1, -0.05) is 13.8 Å². The Morgan fingerprint density at radius 1 is 1.07 bits per heavy atom. The molecule has 5 nitrogen and oxygen atoms in total. The van der Waals surface area contributed by atoms with Crippen LogP contribution in [0, 0.1) is 28.6 Å². The van der Waals surface area contributed by atoms with Crippen molar-refractivity contribution in [3.05, 3.63) is 0 Å². The molecule has 0 spiro atoms. The average Bonchev–Trinajstić information content (AvgIpc) is 2.91. The highest BCUT2D eigenvalue weighted by atomic mass is 19.1. The zero-order valence-corrected chi connectivity index (χ0v) is 17.9. The molecular weight excluding hydrogens is 375 g/mol. The smallest absolute Gasteiger partial charge is 0.303 e. The van der Waals surface area contributed by atoms with Crippen LogP contribution in [0.15, 0.2) is 0 Å². The highest BCUT2D eigenvalue weighted by molar-refractivity contribution is 5.89. The Kier molecular flexibility index (Phi) is 4.59. The summed E-state index contributed by atoms with van der Waals surface area (Å²) in [6, 6.07) is 0. The van der Waals surface area contributed by atoms with Gasteiger partial charge in [-0.3, -0.25) is 14.4 Å². The van der Waals surface area contributed by atoms with Crippen molar-refractivity contribution >= 4 is 17.5 Å². The van der Waals surface area contributed by atoms with Crippen LogP contribution in [0.25, 0.3) is 0 Å². The predicted molar refractivity (Wildman–Crippen MR) is 104 cm³/mol. The van der Waals surface area contributed by atoms with E-state index in [0.29, 0.717) is 32.1 Å². The molecule has 4 aliphatic carbocycles. The summed E-state index contributed by atoms with van der Waals surface area (Å²) >= 11 is 0. The molecule has 0 aliphatic heterocycles. The van der Waals surface area contributed by atoms with Crippen molar-refractivity contribution in [2.75, 3.05) is 0 Å². The zero-order valence-electron chi connectivity index (χ0n) is 17.9. The molecule has 4 rings (SSSR count). The van der Waals surface area contributed by atoms with E-state index in [0.717, 1.165) is 6.42 Å². The zero-order chi connectivity index (χ0) is 21.4. The van der Waals surface area contributed by atoms with Crippen LogP contribution in [0.2, 0.25) is 0 Å².